The first kappa shape index (κ1) is 19.5. The van der Waals surface area contributed by atoms with Gasteiger partial charge >= 0.3 is 0 Å². The van der Waals surface area contributed by atoms with Gasteiger partial charge < -0.3 is 5.11 Å². The molecule has 144 valence electrons. The van der Waals surface area contributed by atoms with Gasteiger partial charge in [0.1, 0.15) is 17.3 Å². The zero-order valence-corrected chi connectivity index (χ0v) is 15.4. The Labute approximate surface area is 165 Å². The molecule has 0 atom stereocenters. The second-order valence-electron chi connectivity index (χ2n) is 6.23. The largest absolute Gasteiger partial charge is 0.494 e. The van der Waals surface area contributed by atoms with Crippen LogP contribution in [-0.2, 0) is 6.54 Å². The Morgan fingerprint density at radius 2 is 1.86 bits per heavy atom. The van der Waals surface area contributed by atoms with Crippen molar-refractivity contribution < 1.29 is 10.0 Å². The van der Waals surface area contributed by atoms with Gasteiger partial charge in [-0.05, 0) is 24.1 Å². The maximum absolute atomic E-state index is 12.7. The molecule has 3 aromatic rings. The highest BCUT2D eigenvalue weighted by Crippen LogP contribution is 2.27. The van der Waals surface area contributed by atoms with E-state index in [1.165, 1.54) is 31.3 Å². The molecule has 0 saturated carbocycles. The SMILES string of the molecule is Cc1c(C=Nc2ccccc2[N+](=O)[O-])c(O)n(Cc2ccccc2)c(=O)c1C#N. The molecule has 0 aliphatic heterocycles. The van der Waals surface area contributed by atoms with E-state index in [2.05, 4.69) is 4.99 Å². The van der Waals surface area contributed by atoms with Gasteiger partial charge in [0, 0.05) is 12.3 Å². The number of nitriles is 1. The number of aliphatic imine (C=N–C) groups is 1. The van der Waals surface area contributed by atoms with Gasteiger partial charge in [0.25, 0.3) is 11.2 Å². The molecule has 3 rings (SSSR count). The van der Waals surface area contributed by atoms with Gasteiger partial charge in [-0.2, -0.15) is 5.26 Å². The Hall–Kier alpha value is -4.25. The summed E-state index contributed by atoms with van der Waals surface area (Å²) in [5.74, 6) is -0.363. The molecule has 1 aromatic heterocycles. The molecule has 2 aromatic carbocycles. The topological polar surface area (TPSA) is 122 Å². The Kier molecular flexibility index (Phi) is 5.51. The van der Waals surface area contributed by atoms with Crippen LogP contribution in [0.3, 0.4) is 0 Å². The average Bonchev–Trinajstić information content (AvgIpc) is 2.72. The number of pyridine rings is 1. The van der Waals surface area contributed by atoms with Crippen molar-refractivity contribution in [2.24, 2.45) is 4.99 Å². The van der Waals surface area contributed by atoms with Crippen LogP contribution in [0, 0.1) is 28.4 Å². The molecule has 1 N–H and O–H groups in total. The monoisotopic (exact) mass is 388 g/mol. The molecule has 8 nitrogen and oxygen atoms in total. The Balaban J connectivity index is 2.15. The maximum atomic E-state index is 12.7. The predicted molar refractivity (Wildman–Crippen MR) is 108 cm³/mol. The van der Waals surface area contributed by atoms with E-state index in [0.717, 1.165) is 10.1 Å². The molecular weight excluding hydrogens is 372 g/mol. The number of benzene rings is 2. The van der Waals surface area contributed by atoms with Crippen molar-refractivity contribution in [2.45, 2.75) is 13.5 Å². The van der Waals surface area contributed by atoms with Gasteiger partial charge in [0.2, 0.25) is 5.88 Å². The molecule has 0 unspecified atom stereocenters. The number of nitrogens with zero attached hydrogens (tertiary/aromatic N) is 4. The third-order valence-electron chi connectivity index (χ3n) is 4.44. The molecule has 0 radical (unpaired) electrons. The first-order valence-electron chi connectivity index (χ1n) is 8.62. The number of nitro groups is 1. The van der Waals surface area contributed by atoms with Crippen LogP contribution in [0.5, 0.6) is 5.88 Å². The van der Waals surface area contributed by atoms with Crippen LogP contribution in [-0.4, -0.2) is 20.8 Å². The molecule has 1 heterocycles. The first-order chi connectivity index (χ1) is 13.9. The van der Waals surface area contributed by atoms with Crippen LogP contribution in [0.25, 0.3) is 0 Å². The van der Waals surface area contributed by atoms with Crippen molar-refractivity contribution >= 4 is 17.6 Å². The fourth-order valence-corrected chi connectivity index (χ4v) is 2.90. The summed E-state index contributed by atoms with van der Waals surface area (Å²) >= 11 is 0. The Morgan fingerprint density at radius 3 is 2.52 bits per heavy atom. The summed E-state index contributed by atoms with van der Waals surface area (Å²) in [6, 6.07) is 16.8. The fraction of sp³-hybridized carbons (Fsp3) is 0.0952. The number of hydrogen-bond acceptors (Lipinski definition) is 6. The molecule has 0 bridgehead atoms. The minimum Gasteiger partial charge on any atom is -0.494 e. The van der Waals surface area contributed by atoms with Crippen molar-refractivity contribution in [1.82, 2.24) is 4.57 Å². The Morgan fingerprint density at radius 1 is 1.21 bits per heavy atom. The number of para-hydroxylation sites is 2. The van der Waals surface area contributed by atoms with Crippen LogP contribution >= 0.6 is 0 Å². The normalized spacial score (nSPS) is 10.8. The van der Waals surface area contributed by atoms with Gasteiger partial charge in [0.15, 0.2) is 0 Å². The summed E-state index contributed by atoms with van der Waals surface area (Å²) in [5, 5.41) is 31.3. The van der Waals surface area contributed by atoms with Crippen LogP contribution in [0.2, 0.25) is 0 Å². The quantitative estimate of drug-likeness (QED) is 0.408. The molecule has 0 saturated heterocycles. The second-order valence-corrected chi connectivity index (χ2v) is 6.23. The van der Waals surface area contributed by atoms with Crippen LogP contribution < -0.4 is 5.56 Å². The van der Waals surface area contributed by atoms with E-state index in [0.29, 0.717) is 0 Å². The highest BCUT2D eigenvalue weighted by molar-refractivity contribution is 5.88. The number of rotatable bonds is 5. The molecule has 0 aliphatic rings. The van der Waals surface area contributed by atoms with Crippen LogP contribution in [0.1, 0.15) is 22.3 Å². The number of aromatic nitrogens is 1. The zero-order valence-electron chi connectivity index (χ0n) is 15.4. The summed E-state index contributed by atoms with van der Waals surface area (Å²) in [4.78, 5) is 27.4. The lowest BCUT2D eigenvalue weighted by atomic mass is 10.1. The van der Waals surface area contributed by atoms with Crippen molar-refractivity contribution in [3.8, 4) is 11.9 Å². The number of hydrogen-bond donors (Lipinski definition) is 1. The average molecular weight is 388 g/mol. The van der Waals surface area contributed by atoms with Crippen LogP contribution in [0.4, 0.5) is 11.4 Å². The van der Waals surface area contributed by atoms with E-state index < -0.39 is 10.5 Å². The molecule has 29 heavy (non-hydrogen) atoms. The zero-order chi connectivity index (χ0) is 21.0. The van der Waals surface area contributed by atoms with Gasteiger partial charge in [0.05, 0.1) is 17.0 Å². The summed E-state index contributed by atoms with van der Waals surface area (Å²) in [7, 11) is 0. The molecule has 0 spiro atoms. The lowest BCUT2D eigenvalue weighted by Gasteiger charge is -2.14. The Bertz CT molecular complexity index is 1210. The summed E-state index contributed by atoms with van der Waals surface area (Å²) in [6.45, 7) is 1.58. The third kappa shape index (κ3) is 3.89. The maximum Gasteiger partial charge on any atom is 0.294 e. The van der Waals surface area contributed by atoms with Crippen molar-refractivity contribution in [3.05, 3.63) is 97.3 Å². The van der Waals surface area contributed by atoms with Crippen molar-refractivity contribution in [1.29, 1.82) is 5.26 Å². The summed E-state index contributed by atoms with van der Waals surface area (Å²) in [5.41, 5.74) is 0.322. The molecular formula is C21H16N4O4. The van der Waals surface area contributed by atoms with E-state index in [4.69, 9.17) is 0 Å². The smallest absolute Gasteiger partial charge is 0.294 e. The number of nitro benzene ring substituents is 1. The first-order valence-corrected chi connectivity index (χ1v) is 8.62. The van der Waals surface area contributed by atoms with Gasteiger partial charge in [-0.15, -0.1) is 0 Å². The third-order valence-corrected chi connectivity index (χ3v) is 4.44. The minimum absolute atomic E-state index is 0.0623. The van der Waals surface area contributed by atoms with E-state index >= 15 is 0 Å². The molecule has 0 aliphatic carbocycles. The van der Waals surface area contributed by atoms with Crippen LogP contribution in [0.15, 0.2) is 64.4 Å². The van der Waals surface area contributed by atoms with E-state index in [1.807, 2.05) is 12.1 Å². The molecule has 0 fully saturated rings. The highest BCUT2D eigenvalue weighted by Gasteiger charge is 2.19. The summed E-state index contributed by atoms with van der Waals surface area (Å²) in [6.07, 6.45) is 1.23. The van der Waals surface area contributed by atoms with Crippen molar-refractivity contribution in [3.63, 3.8) is 0 Å². The molecule has 0 amide bonds. The predicted octanol–water partition coefficient (Wildman–Crippen LogP) is 3.44. The summed E-state index contributed by atoms with van der Waals surface area (Å²) < 4.78 is 1.08. The van der Waals surface area contributed by atoms with Gasteiger partial charge in [-0.25, -0.2) is 4.99 Å². The second kappa shape index (κ2) is 8.19. The minimum atomic E-state index is -0.616. The lowest BCUT2D eigenvalue weighted by Crippen LogP contribution is -2.25. The van der Waals surface area contributed by atoms with Gasteiger partial charge in [-0.1, -0.05) is 42.5 Å². The van der Waals surface area contributed by atoms with Gasteiger partial charge in [-0.3, -0.25) is 19.5 Å². The standard InChI is InChI=1S/C21H16N4O4/c1-14-16(11-22)20(26)24(13-15-7-3-2-4-8-15)21(27)17(14)12-23-18-9-5-6-10-19(18)25(28)29/h2-10,12,27H,13H2,1H3. The fourth-order valence-electron chi connectivity index (χ4n) is 2.90. The number of aromatic hydroxyl groups is 1. The lowest BCUT2D eigenvalue weighted by molar-refractivity contribution is -0.384. The van der Waals surface area contributed by atoms with E-state index in [-0.39, 0.29) is 40.5 Å². The highest BCUT2D eigenvalue weighted by atomic mass is 16.6. The van der Waals surface area contributed by atoms with E-state index in [9.17, 15) is 25.3 Å². The molecule has 8 heteroatoms. The van der Waals surface area contributed by atoms with E-state index in [1.54, 1.807) is 30.3 Å². The van der Waals surface area contributed by atoms with Crippen molar-refractivity contribution in [2.75, 3.05) is 0 Å².